The molecule has 0 aliphatic carbocycles. The first-order valence-corrected chi connectivity index (χ1v) is 6.74. The van der Waals surface area contributed by atoms with Crippen molar-refractivity contribution in [1.82, 2.24) is 0 Å². The number of hydrogen-bond acceptors (Lipinski definition) is 1. The van der Waals surface area contributed by atoms with Gasteiger partial charge in [0.05, 0.1) is 0 Å². The Morgan fingerprint density at radius 3 is 2.11 bits per heavy atom. The van der Waals surface area contributed by atoms with Crippen molar-refractivity contribution < 1.29 is 4.79 Å². The predicted molar refractivity (Wildman–Crippen MR) is 85.1 cm³/mol. The largest absolute Gasteiger partial charge is 0.295 e. The van der Waals surface area contributed by atoms with Crippen LogP contribution in [-0.2, 0) is 4.79 Å². The topological polar surface area (TPSA) is 17.1 Å². The maximum atomic E-state index is 10.7. The minimum Gasteiger partial charge on any atom is -0.295 e. The first-order chi connectivity index (χ1) is 8.91. The first-order valence-electron chi connectivity index (χ1n) is 6.74. The third-order valence-electron chi connectivity index (χ3n) is 2.52. The Morgan fingerprint density at radius 2 is 1.53 bits per heavy atom. The van der Waals surface area contributed by atoms with Crippen LogP contribution < -0.4 is 0 Å². The van der Waals surface area contributed by atoms with Gasteiger partial charge in [-0.25, -0.2) is 0 Å². The summed E-state index contributed by atoms with van der Waals surface area (Å²) in [5.41, 5.74) is 3.88. The van der Waals surface area contributed by atoms with E-state index in [-0.39, 0.29) is 5.78 Å². The summed E-state index contributed by atoms with van der Waals surface area (Å²) in [4.78, 5) is 10.7. The molecule has 0 radical (unpaired) electrons. The van der Waals surface area contributed by atoms with Crippen LogP contribution in [0.3, 0.4) is 0 Å². The van der Waals surface area contributed by atoms with Gasteiger partial charge in [-0.1, -0.05) is 53.2 Å². The number of ketones is 1. The van der Waals surface area contributed by atoms with Gasteiger partial charge in [0, 0.05) is 0 Å². The summed E-state index contributed by atoms with van der Waals surface area (Å²) in [7, 11) is 0. The lowest BCUT2D eigenvalue weighted by molar-refractivity contribution is -0.112. The second-order valence-electron chi connectivity index (χ2n) is 5.07. The number of carbonyl (C=O) groups excluding carboxylic acids is 1. The molecule has 0 aromatic rings. The lowest BCUT2D eigenvalue weighted by atomic mass is 10.1. The van der Waals surface area contributed by atoms with Crippen molar-refractivity contribution in [2.75, 3.05) is 0 Å². The van der Waals surface area contributed by atoms with Crippen LogP contribution in [0.5, 0.6) is 0 Å². The van der Waals surface area contributed by atoms with Gasteiger partial charge < -0.3 is 0 Å². The average molecular weight is 258 g/mol. The molecule has 0 aromatic heterocycles. The molecule has 0 saturated carbocycles. The minimum absolute atomic E-state index is 0.0723. The summed E-state index contributed by atoms with van der Waals surface area (Å²) in [5.74, 6) is 0.0723. The molecule has 19 heavy (non-hydrogen) atoms. The SMILES string of the molecule is CC(=O)C=CC=C(C)C=CC=C(C)CCC=C(C)C. The Kier molecular flexibility index (Phi) is 9.42. The molecule has 0 atom stereocenters. The standard InChI is InChI=1S/C18H26O/c1-15(2)9-6-10-16(3)11-7-12-17(4)13-8-14-18(5)19/h7-9,11-14H,6,10H2,1-5H3. The normalized spacial score (nSPS) is 13.3. The van der Waals surface area contributed by atoms with Crippen LogP contribution in [0, 0.1) is 0 Å². The van der Waals surface area contributed by atoms with Crippen LogP contribution >= 0.6 is 0 Å². The Balaban J connectivity index is 4.25. The molecule has 0 aliphatic heterocycles. The van der Waals surface area contributed by atoms with Crippen molar-refractivity contribution in [2.45, 2.75) is 47.5 Å². The molecular weight excluding hydrogens is 232 g/mol. The van der Waals surface area contributed by atoms with E-state index < -0.39 is 0 Å². The van der Waals surface area contributed by atoms with E-state index in [0.29, 0.717) is 0 Å². The van der Waals surface area contributed by atoms with Crippen LogP contribution in [0.2, 0.25) is 0 Å². The fourth-order valence-electron chi connectivity index (χ4n) is 1.43. The summed E-state index contributed by atoms with van der Waals surface area (Å²) in [5, 5.41) is 0. The third kappa shape index (κ3) is 12.6. The molecule has 0 heterocycles. The fraction of sp³-hybridized carbons (Fsp3) is 0.389. The molecule has 1 nitrogen and oxygen atoms in total. The summed E-state index contributed by atoms with van der Waals surface area (Å²) < 4.78 is 0. The molecule has 0 amide bonds. The fourth-order valence-corrected chi connectivity index (χ4v) is 1.43. The highest BCUT2D eigenvalue weighted by Crippen LogP contribution is 2.07. The summed E-state index contributed by atoms with van der Waals surface area (Å²) in [6.45, 7) is 9.97. The highest BCUT2D eigenvalue weighted by atomic mass is 16.1. The zero-order valence-electron chi connectivity index (χ0n) is 12.9. The molecule has 0 unspecified atom stereocenters. The lowest BCUT2D eigenvalue weighted by Gasteiger charge is -1.96. The van der Waals surface area contributed by atoms with Gasteiger partial charge in [0.15, 0.2) is 5.78 Å². The smallest absolute Gasteiger partial charge is 0.152 e. The molecule has 0 spiro atoms. The van der Waals surface area contributed by atoms with Gasteiger partial charge in [-0.2, -0.15) is 0 Å². The molecular formula is C18H26O. The molecule has 0 aromatic carbocycles. The van der Waals surface area contributed by atoms with Crippen molar-refractivity contribution in [2.24, 2.45) is 0 Å². The van der Waals surface area contributed by atoms with Crippen molar-refractivity contribution in [3.05, 3.63) is 59.3 Å². The van der Waals surface area contributed by atoms with E-state index in [1.54, 1.807) is 19.1 Å². The van der Waals surface area contributed by atoms with Crippen LogP contribution in [0.1, 0.15) is 47.5 Å². The van der Waals surface area contributed by atoms with Gasteiger partial charge in [-0.05, 0) is 53.5 Å². The highest BCUT2D eigenvalue weighted by Gasteiger charge is 1.87. The molecule has 0 saturated heterocycles. The molecule has 0 N–H and O–H groups in total. The van der Waals surface area contributed by atoms with E-state index in [1.165, 1.54) is 11.1 Å². The maximum absolute atomic E-state index is 10.7. The number of rotatable bonds is 7. The van der Waals surface area contributed by atoms with Crippen molar-refractivity contribution in [1.29, 1.82) is 0 Å². The number of hydrogen-bond donors (Lipinski definition) is 0. The lowest BCUT2D eigenvalue weighted by Crippen LogP contribution is -1.78. The predicted octanol–water partition coefficient (Wildman–Crippen LogP) is 5.33. The minimum atomic E-state index is 0.0723. The third-order valence-corrected chi connectivity index (χ3v) is 2.52. The average Bonchev–Trinajstić information content (AvgIpc) is 2.27. The second kappa shape index (κ2) is 10.3. The summed E-state index contributed by atoms with van der Waals surface area (Å²) >= 11 is 0. The Hall–Kier alpha value is -1.63. The van der Waals surface area contributed by atoms with Crippen molar-refractivity contribution in [3.8, 4) is 0 Å². The molecule has 0 fully saturated rings. The quantitative estimate of drug-likeness (QED) is 0.343. The Labute approximate surface area is 118 Å². The summed E-state index contributed by atoms with van der Waals surface area (Å²) in [6.07, 6.45) is 16.0. The second-order valence-corrected chi connectivity index (χ2v) is 5.07. The maximum Gasteiger partial charge on any atom is 0.152 e. The van der Waals surface area contributed by atoms with Crippen molar-refractivity contribution in [3.63, 3.8) is 0 Å². The van der Waals surface area contributed by atoms with Crippen molar-refractivity contribution >= 4 is 5.78 Å². The van der Waals surface area contributed by atoms with Gasteiger partial charge in [-0.15, -0.1) is 0 Å². The first kappa shape index (κ1) is 17.4. The molecule has 104 valence electrons. The van der Waals surface area contributed by atoms with E-state index in [2.05, 4.69) is 45.1 Å². The van der Waals surface area contributed by atoms with Crippen LogP contribution in [0.25, 0.3) is 0 Å². The van der Waals surface area contributed by atoms with E-state index in [0.717, 1.165) is 18.4 Å². The van der Waals surface area contributed by atoms with Crippen LogP contribution in [0.4, 0.5) is 0 Å². The van der Waals surface area contributed by atoms with Crippen LogP contribution in [0.15, 0.2) is 59.3 Å². The Bertz CT molecular complexity index is 425. The molecule has 0 bridgehead atoms. The molecule has 0 aliphatic rings. The number of allylic oxidation sites excluding steroid dienone is 10. The molecule has 1 heteroatoms. The van der Waals surface area contributed by atoms with Gasteiger partial charge in [0.1, 0.15) is 0 Å². The van der Waals surface area contributed by atoms with Gasteiger partial charge in [0.2, 0.25) is 0 Å². The number of carbonyl (C=O) groups is 1. The van der Waals surface area contributed by atoms with Gasteiger partial charge in [-0.3, -0.25) is 4.79 Å². The van der Waals surface area contributed by atoms with E-state index in [1.807, 2.05) is 13.0 Å². The van der Waals surface area contributed by atoms with Gasteiger partial charge >= 0.3 is 0 Å². The zero-order valence-corrected chi connectivity index (χ0v) is 12.9. The highest BCUT2D eigenvalue weighted by molar-refractivity contribution is 5.87. The zero-order chi connectivity index (χ0) is 14.7. The van der Waals surface area contributed by atoms with E-state index >= 15 is 0 Å². The van der Waals surface area contributed by atoms with E-state index in [4.69, 9.17) is 0 Å². The molecule has 0 rings (SSSR count). The summed E-state index contributed by atoms with van der Waals surface area (Å²) in [6, 6.07) is 0. The van der Waals surface area contributed by atoms with E-state index in [9.17, 15) is 4.79 Å². The monoisotopic (exact) mass is 258 g/mol. The van der Waals surface area contributed by atoms with Crippen LogP contribution in [-0.4, -0.2) is 5.78 Å². The van der Waals surface area contributed by atoms with Gasteiger partial charge in [0.25, 0.3) is 0 Å². The Morgan fingerprint density at radius 1 is 0.895 bits per heavy atom.